The number of fused-ring (bicyclic) bond motifs is 4. The lowest BCUT2D eigenvalue weighted by molar-refractivity contribution is 0.0651. The van der Waals surface area contributed by atoms with Gasteiger partial charge in [-0.3, -0.25) is 28.8 Å². The van der Waals surface area contributed by atoms with Gasteiger partial charge in [-0.2, -0.15) is 0 Å². The minimum atomic E-state index is -0.281. The Bertz CT molecular complexity index is 2080. The Balaban J connectivity index is 1.63. The number of amides is 2. The summed E-state index contributed by atoms with van der Waals surface area (Å²) in [4.78, 5) is 45.7. The van der Waals surface area contributed by atoms with Crippen molar-refractivity contribution >= 4 is 65.7 Å². The fraction of sp³-hybridized carbons (Fsp3) is 0.200. The van der Waals surface area contributed by atoms with Gasteiger partial charge in [0.2, 0.25) is 0 Å². The van der Waals surface area contributed by atoms with Crippen LogP contribution in [0, 0.1) is 5.41 Å². The third kappa shape index (κ3) is 2.15. The van der Waals surface area contributed by atoms with E-state index in [0.29, 0.717) is 29.6 Å². The van der Waals surface area contributed by atoms with E-state index in [2.05, 4.69) is 26.0 Å². The molecule has 174 valence electrons. The average molecular weight is 472 g/mol. The van der Waals surface area contributed by atoms with E-state index in [-0.39, 0.29) is 22.8 Å². The van der Waals surface area contributed by atoms with E-state index in [1.165, 1.54) is 11.9 Å². The second-order valence-electron chi connectivity index (χ2n) is 11.0. The molecule has 0 spiro atoms. The van der Waals surface area contributed by atoms with Crippen LogP contribution in [0.3, 0.4) is 0 Å². The van der Waals surface area contributed by atoms with Gasteiger partial charge >= 0.3 is 0 Å². The standard InChI is InChI=1S/C30H21N3O3/c1-30(2)12-31-26-18-8-4-14-16-5-9-19-25-20(28(35)32(3)27(19)34)10-6-17(23(16)25)15-7-11-21(24(18)22(14)15)29(36)33(26)13-30/h4-11H,12-13H2,1-3H3. The molecule has 2 aliphatic rings. The SMILES string of the molecule is CN1C(=O)c2ccc3c4ccc5c(=O)n6c(c7ccc(c8ccc(c2c38)C1=O)c4c57)=NCC(C)(C)C6. The highest BCUT2D eigenvalue weighted by molar-refractivity contribution is 6.40. The molecule has 0 fully saturated rings. The molecule has 0 radical (unpaired) electrons. The molecule has 8 rings (SSSR count). The molecule has 5 aromatic carbocycles. The highest BCUT2D eigenvalue weighted by Gasteiger charge is 2.32. The van der Waals surface area contributed by atoms with E-state index < -0.39 is 0 Å². The molecule has 1 aromatic heterocycles. The summed E-state index contributed by atoms with van der Waals surface area (Å²) >= 11 is 0. The van der Waals surface area contributed by atoms with Gasteiger partial charge < -0.3 is 0 Å². The Kier molecular flexibility index (Phi) is 3.37. The first-order valence-corrected chi connectivity index (χ1v) is 12.2. The number of carbonyl (C=O) groups excluding carboxylic acids is 2. The van der Waals surface area contributed by atoms with Gasteiger partial charge in [0, 0.05) is 58.2 Å². The second-order valence-corrected chi connectivity index (χ2v) is 11.0. The van der Waals surface area contributed by atoms with Crippen molar-refractivity contribution in [2.24, 2.45) is 10.4 Å². The number of aromatic nitrogens is 1. The van der Waals surface area contributed by atoms with Crippen LogP contribution in [0.1, 0.15) is 34.6 Å². The number of pyridine rings is 1. The van der Waals surface area contributed by atoms with Gasteiger partial charge in [-0.15, -0.1) is 0 Å². The molecule has 0 atom stereocenters. The fourth-order valence-electron chi connectivity index (χ4n) is 6.53. The van der Waals surface area contributed by atoms with Crippen LogP contribution in [0.25, 0.3) is 53.9 Å². The molecular weight excluding hydrogens is 450 g/mol. The van der Waals surface area contributed by atoms with Gasteiger partial charge in [-0.1, -0.05) is 38.1 Å². The van der Waals surface area contributed by atoms with Crippen LogP contribution in [0.4, 0.5) is 0 Å². The minimum Gasteiger partial charge on any atom is -0.292 e. The molecular formula is C30H21N3O3. The number of hydrogen-bond acceptors (Lipinski definition) is 4. The lowest BCUT2D eigenvalue weighted by atomic mass is 9.83. The zero-order valence-electron chi connectivity index (χ0n) is 20.1. The summed E-state index contributed by atoms with van der Waals surface area (Å²) in [5.41, 5.74) is 1.77. The highest BCUT2D eigenvalue weighted by Crippen LogP contribution is 2.45. The Morgan fingerprint density at radius 1 is 0.667 bits per heavy atom. The smallest absolute Gasteiger partial charge is 0.261 e. The van der Waals surface area contributed by atoms with Crippen molar-refractivity contribution in [3.63, 3.8) is 0 Å². The summed E-state index contributed by atoms with van der Waals surface area (Å²) in [6.45, 7) is 5.59. The summed E-state index contributed by atoms with van der Waals surface area (Å²) in [6, 6.07) is 15.8. The van der Waals surface area contributed by atoms with Crippen molar-refractivity contribution in [1.29, 1.82) is 0 Å². The topological polar surface area (TPSA) is 71.7 Å². The summed E-state index contributed by atoms with van der Waals surface area (Å²) < 4.78 is 1.83. The maximum absolute atomic E-state index is 13.7. The van der Waals surface area contributed by atoms with Crippen LogP contribution < -0.4 is 11.0 Å². The maximum atomic E-state index is 13.7. The largest absolute Gasteiger partial charge is 0.292 e. The van der Waals surface area contributed by atoms with Crippen molar-refractivity contribution in [1.82, 2.24) is 9.47 Å². The van der Waals surface area contributed by atoms with Gasteiger partial charge in [0.05, 0.1) is 0 Å². The predicted octanol–water partition coefficient (Wildman–Crippen LogP) is 4.66. The van der Waals surface area contributed by atoms with Gasteiger partial charge in [0.15, 0.2) is 0 Å². The summed E-state index contributed by atoms with van der Waals surface area (Å²) in [6.07, 6.45) is 0. The van der Waals surface area contributed by atoms with Gasteiger partial charge in [0.1, 0.15) is 5.49 Å². The van der Waals surface area contributed by atoms with E-state index >= 15 is 0 Å². The van der Waals surface area contributed by atoms with Gasteiger partial charge in [-0.25, -0.2) is 0 Å². The second kappa shape index (κ2) is 6.08. The number of benzene rings is 5. The lowest BCUT2D eigenvalue weighted by Gasteiger charge is -2.29. The first-order valence-electron chi connectivity index (χ1n) is 12.2. The van der Waals surface area contributed by atoms with Crippen LogP contribution in [-0.4, -0.2) is 34.9 Å². The van der Waals surface area contributed by atoms with Crippen LogP contribution in [0.2, 0.25) is 0 Å². The molecule has 0 bridgehead atoms. The monoisotopic (exact) mass is 471 g/mol. The maximum Gasteiger partial charge on any atom is 0.261 e. The highest BCUT2D eigenvalue weighted by atomic mass is 16.2. The molecule has 6 heteroatoms. The quantitative estimate of drug-likeness (QED) is 0.184. The van der Waals surface area contributed by atoms with Crippen molar-refractivity contribution in [2.45, 2.75) is 20.4 Å². The van der Waals surface area contributed by atoms with E-state index in [1.54, 1.807) is 0 Å². The zero-order chi connectivity index (χ0) is 24.7. The Morgan fingerprint density at radius 2 is 1.14 bits per heavy atom. The number of hydrogen-bond donors (Lipinski definition) is 0. The molecule has 36 heavy (non-hydrogen) atoms. The molecule has 2 aliphatic heterocycles. The molecule has 6 nitrogen and oxygen atoms in total. The molecule has 0 unspecified atom stereocenters. The molecule has 0 aliphatic carbocycles. The Morgan fingerprint density at radius 3 is 1.75 bits per heavy atom. The Hall–Kier alpha value is -4.32. The van der Waals surface area contributed by atoms with Crippen molar-refractivity contribution in [2.75, 3.05) is 13.6 Å². The van der Waals surface area contributed by atoms with Crippen LogP contribution in [-0.2, 0) is 6.54 Å². The van der Waals surface area contributed by atoms with Crippen LogP contribution >= 0.6 is 0 Å². The number of carbonyl (C=O) groups is 2. The third-order valence-electron chi connectivity index (χ3n) is 8.19. The number of nitrogens with zero attached hydrogens (tertiary/aromatic N) is 3. The minimum absolute atomic E-state index is 0.00648. The fourth-order valence-corrected chi connectivity index (χ4v) is 6.53. The van der Waals surface area contributed by atoms with Crippen LogP contribution in [0.15, 0.2) is 58.3 Å². The van der Waals surface area contributed by atoms with Crippen molar-refractivity contribution in [3.8, 4) is 0 Å². The molecule has 3 heterocycles. The first-order chi connectivity index (χ1) is 17.3. The summed E-state index contributed by atoms with van der Waals surface area (Å²) in [7, 11) is 1.53. The Labute approximate surface area is 204 Å². The number of rotatable bonds is 0. The number of imide groups is 1. The molecule has 6 aromatic rings. The van der Waals surface area contributed by atoms with E-state index in [1.807, 2.05) is 41.0 Å². The first kappa shape index (κ1) is 19.9. The third-order valence-corrected chi connectivity index (χ3v) is 8.19. The van der Waals surface area contributed by atoms with E-state index in [0.717, 1.165) is 54.0 Å². The molecule has 0 N–H and O–H groups in total. The molecule has 0 saturated heterocycles. The van der Waals surface area contributed by atoms with Crippen molar-refractivity contribution < 1.29 is 9.59 Å². The van der Waals surface area contributed by atoms with E-state index in [9.17, 15) is 14.4 Å². The van der Waals surface area contributed by atoms with Gasteiger partial charge in [0.25, 0.3) is 17.4 Å². The lowest BCUT2D eigenvalue weighted by Crippen LogP contribution is -2.43. The molecule has 0 saturated carbocycles. The van der Waals surface area contributed by atoms with Crippen LogP contribution in [0.5, 0.6) is 0 Å². The van der Waals surface area contributed by atoms with Crippen molar-refractivity contribution in [3.05, 3.63) is 75.5 Å². The normalized spacial score (nSPS) is 17.1. The average Bonchev–Trinajstić information content (AvgIpc) is 2.87. The summed E-state index contributed by atoms with van der Waals surface area (Å²) in [5, 5.41) is 9.29. The predicted molar refractivity (Wildman–Crippen MR) is 141 cm³/mol. The van der Waals surface area contributed by atoms with E-state index in [4.69, 9.17) is 4.99 Å². The molecule has 2 amide bonds. The van der Waals surface area contributed by atoms with Gasteiger partial charge in [-0.05, 0) is 56.6 Å². The summed E-state index contributed by atoms with van der Waals surface area (Å²) in [5.74, 6) is -0.563. The zero-order valence-corrected chi connectivity index (χ0v) is 20.1.